The maximum atomic E-state index is 14.0. The summed E-state index contributed by atoms with van der Waals surface area (Å²) in [5, 5.41) is 24.8. The highest BCUT2D eigenvalue weighted by atomic mass is 127. The van der Waals surface area contributed by atoms with Gasteiger partial charge in [-0.1, -0.05) is 25.3 Å². The van der Waals surface area contributed by atoms with Crippen molar-refractivity contribution >= 4 is 29.9 Å². The van der Waals surface area contributed by atoms with Crippen LogP contribution in [0.1, 0.15) is 56.6 Å². The molecule has 0 heterocycles. The van der Waals surface area contributed by atoms with Crippen molar-refractivity contribution in [2.45, 2.75) is 52.0 Å². The van der Waals surface area contributed by atoms with Crippen LogP contribution in [0, 0.1) is 22.6 Å². The summed E-state index contributed by atoms with van der Waals surface area (Å²) in [5.74, 6) is 0.242. The molecule has 0 unspecified atom stereocenters. The first-order valence-corrected chi connectivity index (χ1v) is 9.44. The molecule has 1 saturated carbocycles. The average Bonchev–Trinajstić information content (AvgIpc) is 2.66. The van der Waals surface area contributed by atoms with Crippen LogP contribution in [0.15, 0.2) is 23.2 Å². The van der Waals surface area contributed by atoms with Gasteiger partial charge >= 0.3 is 0 Å². The average molecular weight is 488 g/mol. The Morgan fingerprint density at radius 1 is 1.30 bits per heavy atom. The van der Waals surface area contributed by atoms with Crippen molar-refractivity contribution in [1.82, 2.24) is 10.6 Å². The summed E-state index contributed by atoms with van der Waals surface area (Å²) in [4.78, 5) is 4.48. The van der Waals surface area contributed by atoms with Crippen LogP contribution in [0.4, 0.5) is 4.39 Å². The van der Waals surface area contributed by atoms with E-state index < -0.39 is 5.82 Å². The van der Waals surface area contributed by atoms with Gasteiger partial charge in [-0.15, -0.1) is 24.0 Å². The van der Waals surface area contributed by atoms with Gasteiger partial charge in [0, 0.05) is 25.3 Å². The predicted molar refractivity (Wildman–Crippen MR) is 117 cm³/mol. The maximum absolute atomic E-state index is 14.0. The number of aliphatic hydroxyl groups excluding tert-OH is 1. The van der Waals surface area contributed by atoms with Crippen LogP contribution in [-0.2, 0) is 6.54 Å². The molecule has 2 rings (SSSR count). The summed E-state index contributed by atoms with van der Waals surface area (Å²) in [6, 6.07) is 6.38. The third kappa shape index (κ3) is 7.26. The second kappa shape index (κ2) is 12.1. The van der Waals surface area contributed by atoms with E-state index in [4.69, 9.17) is 5.26 Å². The van der Waals surface area contributed by atoms with E-state index in [9.17, 15) is 9.50 Å². The summed E-state index contributed by atoms with van der Waals surface area (Å²) in [6.07, 6.45) is 6.69. The first kappa shape index (κ1) is 23.6. The number of rotatable bonds is 7. The van der Waals surface area contributed by atoms with Gasteiger partial charge in [0.2, 0.25) is 0 Å². The SMILES string of the molecule is CCNC(=NCc1ccc(C#N)cc1F)NCC1(CCO)CCCCC1.I. The van der Waals surface area contributed by atoms with E-state index >= 15 is 0 Å². The second-order valence-electron chi connectivity index (χ2n) is 7.00. The Labute approximate surface area is 178 Å². The molecular formula is C20H30FIN4O. The van der Waals surface area contributed by atoms with Gasteiger partial charge in [0.15, 0.2) is 5.96 Å². The number of nitrogens with zero attached hydrogens (tertiary/aromatic N) is 2. The molecule has 0 amide bonds. The lowest BCUT2D eigenvalue weighted by Crippen LogP contribution is -2.45. The van der Waals surface area contributed by atoms with Gasteiger partial charge in [-0.25, -0.2) is 9.38 Å². The second-order valence-corrected chi connectivity index (χ2v) is 7.00. The van der Waals surface area contributed by atoms with Crippen molar-refractivity contribution in [1.29, 1.82) is 5.26 Å². The normalized spacial score (nSPS) is 16.1. The molecule has 3 N–H and O–H groups in total. The molecule has 1 aromatic carbocycles. The zero-order valence-corrected chi connectivity index (χ0v) is 18.3. The van der Waals surface area contributed by atoms with E-state index in [0.717, 1.165) is 25.8 Å². The Kier molecular flexibility index (Phi) is 10.6. The predicted octanol–water partition coefficient (Wildman–Crippen LogP) is 3.70. The van der Waals surface area contributed by atoms with E-state index in [1.165, 1.54) is 25.3 Å². The van der Waals surface area contributed by atoms with Crippen molar-refractivity contribution in [3.63, 3.8) is 0 Å². The number of halogens is 2. The molecule has 27 heavy (non-hydrogen) atoms. The molecule has 0 saturated heterocycles. The minimum atomic E-state index is -0.410. The number of hydrogen-bond donors (Lipinski definition) is 3. The number of guanidine groups is 1. The Hall–Kier alpha value is -1.40. The zero-order chi connectivity index (χ0) is 18.8. The van der Waals surface area contributed by atoms with Crippen molar-refractivity contribution in [2.75, 3.05) is 19.7 Å². The lowest BCUT2D eigenvalue weighted by Gasteiger charge is -2.37. The quantitative estimate of drug-likeness (QED) is 0.311. The van der Waals surface area contributed by atoms with Crippen molar-refractivity contribution < 1.29 is 9.50 Å². The van der Waals surface area contributed by atoms with E-state index in [1.54, 1.807) is 12.1 Å². The fraction of sp³-hybridized carbons (Fsp3) is 0.600. The Balaban J connectivity index is 0.00000364. The van der Waals surface area contributed by atoms with Gasteiger partial charge in [0.1, 0.15) is 5.82 Å². The number of hydrogen-bond acceptors (Lipinski definition) is 3. The molecule has 150 valence electrons. The number of aliphatic hydroxyl groups is 1. The molecule has 0 bridgehead atoms. The molecule has 5 nitrogen and oxygen atoms in total. The van der Waals surface area contributed by atoms with Crippen LogP contribution in [0.2, 0.25) is 0 Å². The topological polar surface area (TPSA) is 80.4 Å². The summed E-state index contributed by atoms with van der Waals surface area (Å²) in [7, 11) is 0. The smallest absolute Gasteiger partial charge is 0.191 e. The fourth-order valence-corrected chi connectivity index (χ4v) is 3.58. The third-order valence-corrected chi connectivity index (χ3v) is 5.12. The van der Waals surface area contributed by atoms with E-state index in [0.29, 0.717) is 23.6 Å². The van der Waals surface area contributed by atoms with Crippen LogP contribution in [0.25, 0.3) is 0 Å². The van der Waals surface area contributed by atoms with E-state index in [1.807, 2.05) is 13.0 Å². The van der Waals surface area contributed by atoms with Crippen molar-refractivity contribution in [2.24, 2.45) is 10.4 Å². The molecule has 1 aliphatic rings. The maximum Gasteiger partial charge on any atom is 0.191 e. The van der Waals surface area contributed by atoms with Crippen molar-refractivity contribution in [3.8, 4) is 6.07 Å². The molecule has 0 aliphatic heterocycles. The van der Waals surface area contributed by atoms with Gasteiger partial charge in [-0.2, -0.15) is 5.26 Å². The highest BCUT2D eigenvalue weighted by Gasteiger charge is 2.31. The molecule has 1 aromatic rings. The first-order chi connectivity index (χ1) is 12.6. The van der Waals surface area contributed by atoms with E-state index in [2.05, 4.69) is 15.6 Å². The van der Waals surface area contributed by atoms with Crippen LogP contribution in [0.5, 0.6) is 0 Å². The lowest BCUT2D eigenvalue weighted by molar-refractivity contribution is 0.131. The molecule has 0 aromatic heterocycles. The molecule has 1 aliphatic carbocycles. The minimum Gasteiger partial charge on any atom is -0.396 e. The molecular weight excluding hydrogens is 458 g/mol. The number of nitriles is 1. The standard InChI is InChI=1S/C20H29FN4O.HI/c1-2-23-19(24-14-17-7-6-16(13-22)12-18(17)21)25-15-20(10-11-26)8-4-3-5-9-20;/h6-7,12,26H,2-5,8-11,14-15H2,1H3,(H2,23,24,25);1H. The number of nitrogens with one attached hydrogen (secondary N) is 2. The van der Waals surface area contributed by atoms with Crippen molar-refractivity contribution in [3.05, 3.63) is 35.1 Å². The van der Waals surface area contributed by atoms with Crippen LogP contribution in [0.3, 0.4) is 0 Å². The largest absolute Gasteiger partial charge is 0.396 e. The summed E-state index contributed by atoms with van der Waals surface area (Å²) in [6.45, 7) is 3.87. The monoisotopic (exact) mass is 488 g/mol. The Morgan fingerprint density at radius 2 is 2.04 bits per heavy atom. The lowest BCUT2D eigenvalue weighted by atomic mass is 9.72. The first-order valence-electron chi connectivity index (χ1n) is 9.44. The van der Waals surface area contributed by atoms with Gasteiger partial charge in [-0.3, -0.25) is 0 Å². The number of benzene rings is 1. The van der Waals surface area contributed by atoms with Crippen LogP contribution in [-0.4, -0.2) is 30.8 Å². The molecule has 1 fully saturated rings. The Morgan fingerprint density at radius 3 is 2.63 bits per heavy atom. The van der Waals surface area contributed by atoms with Crippen LogP contribution < -0.4 is 10.6 Å². The number of aliphatic imine (C=N–C) groups is 1. The van der Waals surface area contributed by atoms with Gasteiger partial charge in [0.05, 0.1) is 18.2 Å². The highest BCUT2D eigenvalue weighted by Crippen LogP contribution is 2.38. The van der Waals surface area contributed by atoms with Gasteiger partial charge < -0.3 is 15.7 Å². The molecule has 7 heteroatoms. The third-order valence-electron chi connectivity index (χ3n) is 5.12. The molecule has 0 atom stereocenters. The molecule has 0 spiro atoms. The van der Waals surface area contributed by atoms with Gasteiger partial charge in [-0.05, 0) is 43.7 Å². The van der Waals surface area contributed by atoms with Crippen LogP contribution >= 0.6 is 24.0 Å². The summed E-state index contributed by atoms with van der Waals surface area (Å²) < 4.78 is 14.0. The minimum absolute atomic E-state index is 0. The molecule has 0 radical (unpaired) electrons. The zero-order valence-electron chi connectivity index (χ0n) is 15.9. The summed E-state index contributed by atoms with van der Waals surface area (Å²) in [5.41, 5.74) is 0.885. The Bertz CT molecular complexity index is 648. The highest BCUT2D eigenvalue weighted by molar-refractivity contribution is 14.0. The van der Waals surface area contributed by atoms with Gasteiger partial charge in [0.25, 0.3) is 0 Å². The fourth-order valence-electron chi connectivity index (χ4n) is 3.58. The summed E-state index contributed by atoms with van der Waals surface area (Å²) >= 11 is 0. The van der Waals surface area contributed by atoms with E-state index in [-0.39, 0.29) is 42.5 Å².